The smallest absolute Gasteiger partial charge is 0.306 e. The molecule has 4 heteroatoms. The fourth-order valence-corrected chi connectivity index (χ4v) is 3.33. The number of benzene rings is 1. The van der Waals surface area contributed by atoms with Gasteiger partial charge in [-0.2, -0.15) is 0 Å². The molecule has 2 bridgehead atoms. The van der Waals surface area contributed by atoms with Gasteiger partial charge in [0.2, 0.25) is 0 Å². The van der Waals surface area contributed by atoms with Crippen LogP contribution in [0.4, 0.5) is 4.39 Å². The lowest BCUT2D eigenvalue weighted by Crippen LogP contribution is -2.54. The van der Waals surface area contributed by atoms with Gasteiger partial charge < -0.3 is 4.74 Å². The fraction of sp³-hybridized carbons (Fsp3) is 0.471. The Kier molecular flexibility index (Phi) is 3.81. The summed E-state index contributed by atoms with van der Waals surface area (Å²) in [5.41, 5.74) is 1.41. The first-order valence-electron chi connectivity index (χ1n) is 7.54. The van der Waals surface area contributed by atoms with Gasteiger partial charge in [-0.25, -0.2) is 4.39 Å². The summed E-state index contributed by atoms with van der Waals surface area (Å²) in [5, 5.41) is 0. The second-order valence-electron chi connectivity index (χ2n) is 5.79. The molecule has 0 saturated carbocycles. The van der Waals surface area contributed by atoms with Crippen molar-refractivity contribution in [1.82, 2.24) is 4.90 Å². The van der Waals surface area contributed by atoms with E-state index in [-0.39, 0.29) is 11.8 Å². The quantitative estimate of drug-likeness (QED) is 0.801. The van der Waals surface area contributed by atoms with Crippen LogP contribution in [0.15, 0.2) is 30.3 Å². The second kappa shape index (κ2) is 5.60. The topological polar surface area (TPSA) is 29.5 Å². The molecule has 0 aromatic heterocycles. The molecule has 0 aliphatic carbocycles. The Labute approximate surface area is 124 Å². The van der Waals surface area contributed by atoms with E-state index >= 15 is 0 Å². The van der Waals surface area contributed by atoms with Crippen molar-refractivity contribution >= 4 is 11.5 Å². The molecule has 1 aromatic rings. The van der Waals surface area contributed by atoms with Crippen molar-refractivity contribution in [2.75, 3.05) is 19.6 Å². The van der Waals surface area contributed by atoms with Gasteiger partial charge in [-0.15, -0.1) is 0 Å². The third-order valence-electron chi connectivity index (χ3n) is 4.33. The van der Waals surface area contributed by atoms with Gasteiger partial charge in [0.1, 0.15) is 11.4 Å². The molecule has 3 nitrogen and oxygen atoms in total. The maximum atomic E-state index is 13.2. The lowest BCUT2D eigenvalue weighted by atomic mass is 9.79. The molecule has 0 amide bonds. The van der Waals surface area contributed by atoms with Crippen LogP contribution >= 0.6 is 0 Å². The number of nitrogens with zero attached hydrogens (tertiary/aromatic N) is 1. The lowest BCUT2D eigenvalue weighted by molar-refractivity contribution is -0.158. The van der Waals surface area contributed by atoms with Crippen molar-refractivity contribution in [1.29, 1.82) is 0 Å². The van der Waals surface area contributed by atoms with Crippen LogP contribution < -0.4 is 0 Å². The van der Waals surface area contributed by atoms with Gasteiger partial charge in [-0.1, -0.05) is 25.1 Å². The van der Waals surface area contributed by atoms with E-state index in [1.165, 1.54) is 12.1 Å². The SMILES string of the molecule is CCC(=O)OC12CCCN(CC=C1c1ccc(F)cc1)C2. The number of halogens is 1. The zero-order valence-corrected chi connectivity index (χ0v) is 12.3. The molecule has 21 heavy (non-hydrogen) atoms. The minimum absolute atomic E-state index is 0.174. The van der Waals surface area contributed by atoms with Crippen molar-refractivity contribution in [3.8, 4) is 0 Å². The van der Waals surface area contributed by atoms with Gasteiger partial charge in [-0.05, 0) is 37.1 Å². The van der Waals surface area contributed by atoms with Gasteiger partial charge in [0, 0.05) is 25.1 Å². The van der Waals surface area contributed by atoms with Crippen LogP contribution in [0.2, 0.25) is 0 Å². The first-order valence-corrected chi connectivity index (χ1v) is 7.54. The van der Waals surface area contributed by atoms with E-state index < -0.39 is 5.60 Å². The average molecular weight is 289 g/mol. The van der Waals surface area contributed by atoms with Crippen molar-refractivity contribution in [2.24, 2.45) is 0 Å². The Bertz CT molecular complexity index is 567. The van der Waals surface area contributed by atoms with Crippen molar-refractivity contribution in [3.05, 3.63) is 41.7 Å². The van der Waals surface area contributed by atoms with Crippen LogP contribution in [-0.4, -0.2) is 36.1 Å². The number of ether oxygens (including phenoxy) is 1. The molecule has 2 heterocycles. The molecule has 2 aliphatic rings. The number of hydrogen-bond acceptors (Lipinski definition) is 3. The highest BCUT2D eigenvalue weighted by atomic mass is 19.1. The van der Waals surface area contributed by atoms with Gasteiger partial charge in [-0.3, -0.25) is 9.69 Å². The van der Waals surface area contributed by atoms with E-state index in [1.54, 1.807) is 12.1 Å². The summed E-state index contributed by atoms with van der Waals surface area (Å²) < 4.78 is 19.0. The number of rotatable bonds is 3. The highest BCUT2D eigenvalue weighted by molar-refractivity contribution is 5.78. The average Bonchev–Trinajstić information content (AvgIpc) is 2.48. The van der Waals surface area contributed by atoms with Crippen LogP contribution in [-0.2, 0) is 9.53 Å². The zero-order valence-electron chi connectivity index (χ0n) is 12.3. The van der Waals surface area contributed by atoms with Gasteiger partial charge in [0.25, 0.3) is 0 Å². The molecule has 1 fully saturated rings. The summed E-state index contributed by atoms with van der Waals surface area (Å²) in [6, 6.07) is 6.46. The molecule has 1 aromatic carbocycles. The standard InChI is InChI=1S/C17H20FNO2/c1-2-16(20)21-17-9-3-10-19(12-17)11-8-15(17)13-4-6-14(18)7-5-13/h4-8H,2-3,9-12H2,1H3. The largest absolute Gasteiger partial charge is 0.453 e. The van der Waals surface area contributed by atoms with E-state index in [1.807, 2.05) is 6.92 Å². The predicted molar refractivity (Wildman–Crippen MR) is 79.2 cm³/mol. The highest BCUT2D eigenvalue weighted by Crippen LogP contribution is 2.41. The molecular formula is C17H20FNO2. The Hall–Kier alpha value is -1.68. The minimum atomic E-state index is -0.568. The molecule has 0 N–H and O–H groups in total. The van der Waals surface area contributed by atoms with E-state index in [0.717, 1.165) is 43.6 Å². The van der Waals surface area contributed by atoms with Gasteiger partial charge in [0.15, 0.2) is 0 Å². The van der Waals surface area contributed by atoms with Crippen LogP contribution in [0.25, 0.3) is 5.57 Å². The van der Waals surface area contributed by atoms with Gasteiger partial charge in [0.05, 0.1) is 0 Å². The Balaban J connectivity index is 1.99. The minimum Gasteiger partial charge on any atom is -0.453 e. The first kappa shape index (κ1) is 14.3. The summed E-state index contributed by atoms with van der Waals surface area (Å²) in [6.45, 7) is 4.45. The number of hydrogen-bond donors (Lipinski definition) is 0. The Morgan fingerprint density at radius 2 is 2.14 bits per heavy atom. The lowest BCUT2D eigenvalue weighted by Gasteiger charge is -2.46. The van der Waals surface area contributed by atoms with Crippen molar-refractivity contribution < 1.29 is 13.9 Å². The van der Waals surface area contributed by atoms with E-state index in [4.69, 9.17) is 4.74 Å². The molecule has 0 radical (unpaired) electrons. The second-order valence-corrected chi connectivity index (χ2v) is 5.79. The molecular weight excluding hydrogens is 269 g/mol. The summed E-state index contributed by atoms with van der Waals surface area (Å²) >= 11 is 0. The highest BCUT2D eigenvalue weighted by Gasteiger charge is 2.44. The van der Waals surface area contributed by atoms with Crippen LogP contribution in [0, 0.1) is 5.82 Å². The van der Waals surface area contributed by atoms with Crippen LogP contribution in [0.5, 0.6) is 0 Å². The van der Waals surface area contributed by atoms with Crippen molar-refractivity contribution in [2.45, 2.75) is 31.8 Å². The molecule has 2 aliphatic heterocycles. The zero-order chi connectivity index (χ0) is 14.9. The van der Waals surface area contributed by atoms with E-state index in [9.17, 15) is 9.18 Å². The van der Waals surface area contributed by atoms with E-state index in [0.29, 0.717) is 6.42 Å². The van der Waals surface area contributed by atoms with Crippen LogP contribution in [0.3, 0.4) is 0 Å². The summed E-state index contributed by atoms with van der Waals surface area (Å²) in [6.07, 6.45) is 4.34. The van der Waals surface area contributed by atoms with E-state index in [2.05, 4.69) is 11.0 Å². The van der Waals surface area contributed by atoms with Crippen LogP contribution in [0.1, 0.15) is 31.7 Å². The first-order chi connectivity index (χ1) is 10.1. The maximum absolute atomic E-state index is 13.2. The third kappa shape index (κ3) is 2.72. The number of esters is 1. The number of piperidine rings is 1. The molecule has 112 valence electrons. The molecule has 2 atom stereocenters. The summed E-state index contributed by atoms with van der Waals surface area (Å²) in [7, 11) is 0. The number of carbonyl (C=O) groups excluding carboxylic acids is 1. The predicted octanol–water partition coefficient (Wildman–Crippen LogP) is 3.01. The van der Waals surface area contributed by atoms with Gasteiger partial charge >= 0.3 is 5.97 Å². The molecule has 0 spiro atoms. The normalized spacial score (nSPS) is 27.9. The maximum Gasteiger partial charge on any atom is 0.306 e. The molecule has 3 rings (SSSR count). The Morgan fingerprint density at radius 1 is 1.38 bits per heavy atom. The monoisotopic (exact) mass is 289 g/mol. The summed E-state index contributed by atoms with van der Waals surface area (Å²) in [5.74, 6) is -0.424. The van der Waals surface area contributed by atoms with Crippen molar-refractivity contribution in [3.63, 3.8) is 0 Å². The molecule has 2 unspecified atom stereocenters. The number of fused-ring (bicyclic) bond motifs is 2. The Morgan fingerprint density at radius 3 is 2.86 bits per heavy atom. The fourth-order valence-electron chi connectivity index (χ4n) is 3.33. The molecule has 1 saturated heterocycles. The third-order valence-corrected chi connectivity index (χ3v) is 4.33. The number of carbonyl (C=O) groups is 1. The summed E-state index contributed by atoms with van der Waals surface area (Å²) in [4.78, 5) is 14.2.